The number of hydrogen-bond acceptors (Lipinski definition) is 3. The third-order valence-electron chi connectivity index (χ3n) is 6.14. The van der Waals surface area contributed by atoms with Gasteiger partial charge in [-0.1, -0.05) is 116 Å². The molecule has 4 rings (SSSR count). The Bertz CT molecular complexity index is 1420. The van der Waals surface area contributed by atoms with E-state index in [1.165, 1.54) is 11.1 Å². The summed E-state index contributed by atoms with van der Waals surface area (Å²) in [5, 5.41) is 0. The van der Waals surface area contributed by atoms with E-state index in [2.05, 4.69) is 59.4 Å². The fourth-order valence-electron chi connectivity index (χ4n) is 3.82. The minimum absolute atomic E-state index is 0.327. The molecular weight excluding hydrogens is 658 g/mol. The quantitative estimate of drug-likeness (QED) is 0.197. The monoisotopic (exact) mass is 690 g/mol. The van der Waals surface area contributed by atoms with E-state index in [4.69, 9.17) is 5.73 Å². The number of alkyl halides is 3. The third kappa shape index (κ3) is 10.7. The first-order chi connectivity index (χ1) is 19.4. The molecule has 2 atom stereocenters. The molecule has 4 nitrogen and oxygen atoms in total. The average molecular weight is 690 g/mol. The zero-order chi connectivity index (χ0) is 30.6. The van der Waals surface area contributed by atoms with Gasteiger partial charge in [-0.3, -0.25) is 0 Å². The molecule has 2 N–H and O–H groups in total. The predicted molar refractivity (Wildman–Crippen MR) is 156 cm³/mol. The Morgan fingerprint density at radius 3 is 1.63 bits per heavy atom. The number of nitrogens with two attached hydrogens (primary N) is 1. The Morgan fingerprint density at radius 2 is 1.20 bits per heavy atom. The van der Waals surface area contributed by atoms with Crippen molar-refractivity contribution in [3.8, 4) is 0 Å². The Labute approximate surface area is 254 Å². The van der Waals surface area contributed by atoms with Crippen molar-refractivity contribution >= 4 is 19.7 Å². The Hall–Kier alpha value is -2.55. The van der Waals surface area contributed by atoms with Gasteiger partial charge in [0, 0.05) is 10.9 Å². The Balaban J connectivity index is 0.000000410. The third-order valence-corrected chi connectivity index (χ3v) is 7.51. The molecule has 0 spiro atoms. The van der Waals surface area contributed by atoms with Gasteiger partial charge in [0.1, 0.15) is 10.0 Å². The molecule has 10 heteroatoms. The normalized spacial score (nSPS) is 12.8. The van der Waals surface area contributed by atoms with Crippen LogP contribution in [0.3, 0.4) is 0 Å². The van der Waals surface area contributed by atoms with E-state index in [0.29, 0.717) is 17.0 Å². The molecule has 0 aliphatic carbocycles. The molecule has 0 radical (unpaired) electrons. The number of nitrogens with zero attached hydrogens (tertiary/aromatic N) is 1. The molecule has 0 amide bonds. The van der Waals surface area contributed by atoms with Crippen molar-refractivity contribution in [2.45, 2.75) is 49.8 Å². The molecule has 220 valence electrons. The van der Waals surface area contributed by atoms with Crippen molar-refractivity contribution < 1.29 is 38.9 Å². The Kier molecular flexibility index (Phi) is 13.7. The van der Waals surface area contributed by atoms with Gasteiger partial charge in [0.15, 0.2) is 0 Å². The SMILES string of the molecule is Cc1ccc(C(C)C)cc1.NC(c1ccccc1)C([N-]S(=O)(=O)c1ccc(C(F)(F)F)cc1)c1ccccc1.[Cl][Ru+]. The fraction of sp³-hybridized carbons (Fsp3) is 0.226. The first kappa shape index (κ1) is 34.7. The van der Waals surface area contributed by atoms with Crippen molar-refractivity contribution in [1.82, 2.24) is 0 Å². The van der Waals surface area contributed by atoms with Crippen LogP contribution in [0.5, 0.6) is 0 Å². The number of rotatable bonds is 7. The van der Waals surface area contributed by atoms with E-state index < -0.39 is 33.8 Å². The van der Waals surface area contributed by atoms with Gasteiger partial charge in [-0.15, -0.1) is 0 Å². The zero-order valence-electron chi connectivity index (χ0n) is 22.7. The summed E-state index contributed by atoms with van der Waals surface area (Å²) in [6.07, 6.45) is -4.55. The first-order valence-corrected chi connectivity index (χ1v) is 16.3. The van der Waals surface area contributed by atoms with Gasteiger partial charge in [0.05, 0.1) is 5.56 Å². The van der Waals surface area contributed by atoms with Crippen LogP contribution in [0.4, 0.5) is 13.2 Å². The molecule has 4 aromatic carbocycles. The van der Waals surface area contributed by atoms with Gasteiger partial charge in [-0.05, 0) is 48.2 Å². The van der Waals surface area contributed by atoms with E-state index in [-0.39, 0.29) is 4.90 Å². The van der Waals surface area contributed by atoms with Crippen molar-refractivity contribution in [2.24, 2.45) is 5.73 Å². The van der Waals surface area contributed by atoms with Gasteiger partial charge < -0.3 is 10.5 Å². The second-order valence-electron chi connectivity index (χ2n) is 9.46. The standard InChI is InChI=1S/C21H18F3N2O2S.C10H14.ClH.Ru/c22-21(23,24)17-11-13-18(14-12-17)29(27,28)26-20(16-9-5-2-6-10-16)19(25)15-7-3-1-4-8-15;1-8(2)10-6-4-9(3)5-7-10;;/h1-14,19-20H,25H2;4-8H,1-3H3;1H;/q-1;;;+2/p-1. The summed E-state index contributed by atoms with van der Waals surface area (Å²) in [6, 6.07) is 27.8. The fourth-order valence-corrected chi connectivity index (χ4v) is 4.97. The summed E-state index contributed by atoms with van der Waals surface area (Å²) in [7, 11) is 0.324. The topological polar surface area (TPSA) is 74.3 Å². The molecule has 0 aliphatic heterocycles. The molecule has 0 heterocycles. The molecule has 0 aromatic heterocycles. The van der Waals surface area contributed by atoms with E-state index in [1.807, 2.05) is 23.4 Å². The van der Waals surface area contributed by atoms with Gasteiger partial charge >= 0.3 is 33.2 Å². The summed E-state index contributed by atoms with van der Waals surface area (Å²) in [5.74, 6) is 0.653. The second kappa shape index (κ2) is 16.2. The summed E-state index contributed by atoms with van der Waals surface area (Å²) in [4.78, 5) is -0.327. The number of halogens is 4. The van der Waals surface area contributed by atoms with Crippen LogP contribution in [0.1, 0.15) is 59.7 Å². The van der Waals surface area contributed by atoms with Gasteiger partial charge in [0.25, 0.3) is 0 Å². The van der Waals surface area contributed by atoms with Crippen molar-refractivity contribution in [3.05, 3.63) is 142 Å². The molecule has 0 saturated heterocycles. The molecule has 2 unspecified atom stereocenters. The first-order valence-electron chi connectivity index (χ1n) is 12.6. The van der Waals surface area contributed by atoms with Crippen LogP contribution in [-0.2, 0) is 33.5 Å². The molecule has 0 aliphatic rings. The maximum atomic E-state index is 12.8. The number of sulfonamides is 1. The van der Waals surface area contributed by atoms with E-state index >= 15 is 0 Å². The van der Waals surface area contributed by atoms with Crippen LogP contribution >= 0.6 is 9.69 Å². The summed E-state index contributed by atoms with van der Waals surface area (Å²) in [6.45, 7) is 6.54. The van der Waals surface area contributed by atoms with E-state index in [1.54, 1.807) is 54.6 Å². The minimum atomic E-state index is -4.55. The van der Waals surface area contributed by atoms with Crippen molar-refractivity contribution in [3.63, 3.8) is 0 Å². The van der Waals surface area contributed by atoms with Crippen LogP contribution < -0.4 is 5.73 Å². The van der Waals surface area contributed by atoms with Gasteiger partial charge in [-0.25, -0.2) is 8.42 Å². The van der Waals surface area contributed by atoms with Crippen LogP contribution in [0, 0.1) is 6.92 Å². The summed E-state index contributed by atoms with van der Waals surface area (Å²) < 4.78 is 67.9. The number of aryl methyl sites for hydroxylation is 1. The maximum absolute atomic E-state index is 12.8. The molecule has 0 bridgehead atoms. The molecule has 0 fully saturated rings. The molecule has 41 heavy (non-hydrogen) atoms. The number of benzene rings is 4. The van der Waals surface area contributed by atoms with Gasteiger partial charge in [-0.2, -0.15) is 13.2 Å². The molecule has 4 aromatic rings. The van der Waals surface area contributed by atoms with Gasteiger partial charge in [0.2, 0.25) is 0 Å². The second-order valence-corrected chi connectivity index (χ2v) is 11.1. The predicted octanol–water partition coefficient (Wildman–Crippen LogP) is 9.01. The van der Waals surface area contributed by atoms with Crippen molar-refractivity contribution in [2.75, 3.05) is 0 Å². The van der Waals surface area contributed by atoms with E-state index in [0.717, 1.165) is 24.3 Å². The van der Waals surface area contributed by atoms with Crippen LogP contribution in [-0.4, -0.2) is 8.42 Å². The molecule has 0 saturated carbocycles. The summed E-state index contributed by atoms with van der Waals surface area (Å²) in [5.41, 5.74) is 9.43. The molecular formula is C31H32ClF3N2O2RuS. The zero-order valence-corrected chi connectivity index (χ0v) is 26.0. The van der Waals surface area contributed by atoms with E-state index in [9.17, 15) is 21.6 Å². The summed E-state index contributed by atoms with van der Waals surface area (Å²) >= 11 is 1.82. The van der Waals surface area contributed by atoms with Crippen LogP contribution in [0.2, 0.25) is 0 Å². The average Bonchev–Trinajstić information content (AvgIpc) is 2.98. The van der Waals surface area contributed by atoms with Crippen molar-refractivity contribution in [1.29, 1.82) is 0 Å². The van der Waals surface area contributed by atoms with Crippen LogP contribution in [0.15, 0.2) is 114 Å². The Morgan fingerprint density at radius 1 is 0.732 bits per heavy atom. The van der Waals surface area contributed by atoms with Crippen LogP contribution in [0.25, 0.3) is 4.72 Å². The number of hydrogen-bond donors (Lipinski definition) is 1.